The third kappa shape index (κ3) is 4.90. The molecule has 6 heteroatoms. The quantitative estimate of drug-likeness (QED) is 0.653. The second-order valence-electron chi connectivity index (χ2n) is 10.3. The van der Waals surface area contributed by atoms with E-state index in [-0.39, 0.29) is 11.8 Å². The van der Waals surface area contributed by atoms with Crippen molar-refractivity contribution in [1.29, 1.82) is 0 Å². The summed E-state index contributed by atoms with van der Waals surface area (Å²) in [7, 11) is 1.76. The molecular weight excluding hydrogens is 436 g/mol. The Hall–Kier alpha value is -2.99. The van der Waals surface area contributed by atoms with Crippen LogP contribution in [-0.2, 0) is 9.59 Å². The molecule has 2 aromatic carbocycles. The highest BCUT2D eigenvalue weighted by Crippen LogP contribution is 2.39. The van der Waals surface area contributed by atoms with Crippen molar-refractivity contribution in [3.05, 3.63) is 65.7 Å². The zero-order chi connectivity index (χ0) is 24.3. The summed E-state index contributed by atoms with van der Waals surface area (Å²) in [5, 5.41) is 6.80. The minimum absolute atomic E-state index is 0.0489. The number of para-hydroxylation sites is 1. The third-order valence-electron chi connectivity index (χ3n) is 8.03. The van der Waals surface area contributed by atoms with E-state index in [9.17, 15) is 9.59 Å². The van der Waals surface area contributed by atoms with E-state index in [1.54, 1.807) is 11.9 Å². The molecule has 1 atom stereocenters. The number of aliphatic imine (C=N–C) groups is 1. The summed E-state index contributed by atoms with van der Waals surface area (Å²) in [5.74, 6) is -0.266. The van der Waals surface area contributed by atoms with E-state index in [4.69, 9.17) is 4.99 Å². The first-order chi connectivity index (χ1) is 17.1. The second kappa shape index (κ2) is 10.3. The molecule has 2 aliphatic carbocycles. The highest BCUT2D eigenvalue weighted by atomic mass is 16.2. The van der Waals surface area contributed by atoms with Gasteiger partial charge in [-0.05, 0) is 31.7 Å². The van der Waals surface area contributed by atoms with Crippen LogP contribution in [0.3, 0.4) is 0 Å². The lowest BCUT2D eigenvalue weighted by Gasteiger charge is -2.33. The maximum Gasteiger partial charge on any atom is 0.272 e. The molecular formula is C29H36N4O2. The van der Waals surface area contributed by atoms with Crippen LogP contribution in [0.25, 0.3) is 0 Å². The van der Waals surface area contributed by atoms with E-state index in [1.165, 1.54) is 32.1 Å². The van der Waals surface area contributed by atoms with Gasteiger partial charge in [0.2, 0.25) is 12.1 Å². The number of hydrogen-bond donors (Lipinski definition) is 2. The summed E-state index contributed by atoms with van der Waals surface area (Å²) in [6.45, 7) is 0.676. The van der Waals surface area contributed by atoms with Crippen LogP contribution in [0.15, 0.2) is 59.6 Å². The number of carbonyl (C=O) groups excluding carboxylic acids is 2. The lowest BCUT2D eigenvalue weighted by Crippen LogP contribution is -2.53. The number of nitrogens with one attached hydrogen (secondary N) is 2. The van der Waals surface area contributed by atoms with Gasteiger partial charge in [0.05, 0.1) is 16.8 Å². The molecule has 0 bridgehead atoms. The van der Waals surface area contributed by atoms with Gasteiger partial charge in [-0.2, -0.15) is 0 Å². The Balaban J connectivity index is 1.43. The molecule has 1 heterocycles. The predicted molar refractivity (Wildman–Crippen MR) is 140 cm³/mol. The first-order valence-electron chi connectivity index (χ1n) is 13.1. The number of fused-ring (bicyclic) bond motifs is 1. The van der Waals surface area contributed by atoms with E-state index in [2.05, 4.69) is 10.6 Å². The fourth-order valence-electron chi connectivity index (χ4n) is 5.90. The molecule has 2 fully saturated rings. The summed E-state index contributed by atoms with van der Waals surface area (Å²) < 4.78 is 0. The summed E-state index contributed by atoms with van der Waals surface area (Å²) in [5.41, 5.74) is 2.87. The van der Waals surface area contributed by atoms with Crippen LogP contribution in [0.4, 0.5) is 5.69 Å². The lowest BCUT2D eigenvalue weighted by molar-refractivity contribution is -0.134. The van der Waals surface area contributed by atoms with Crippen LogP contribution in [0.1, 0.15) is 68.9 Å². The van der Waals surface area contributed by atoms with Gasteiger partial charge in [-0.3, -0.25) is 9.59 Å². The van der Waals surface area contributed by atoms with Gasteiger partial charge in [0.1, 0.15) is 0 Å². The molecule has 35 heavy (non-hydrogen) atoms. The van der Waals surface area contributed by atoms with Crippen molar-refractivity contribution < 1.29 is 9.59 Å². The van der Waals surface area contributed by atoms with Crippen molar-refractivity contribution in [2.24, 2.45) is 10.4 Å². The van der Waals surface area contributed by atoms with Crippen LogP contribution in [0.5, 0.6) is 0 Å². The fraction of sp³-hybridized carbons (Fsp3) is 0.483. The molecule has 2 N–H and O–H groups in total. The van der Waals surface area contributed by atoms with E-state index in [1.807, 2.05) is 54.6 Å². The molecule has 1 unspecified atom stereocenters. The largest absolute Gasteiger partial charge is 0.326 e. The van der Waals surface area contributed by atoms with Crippen molar-refractivity contribution in [3.8, 4) is 0 Å². The predicted octanol–water partition coefficient (Wildman–Crippen LogP) is 4.43. The van der Waals surface area contributed by atoms with Crippen LogP contribution in [0, 0.1) is 5.41 Å². The molecule has 2 amide bonds. The first-order valence-corrected chi connectivity index (χ1v) is 13.1. The van der Waals surface area contributed by atoms with Crippen molar-refractivity contribution >= 4 is 23.2 Å². The highest BCUT2D eigenvalue weighted by Gasteiger charge is 2.43. The fourth-order valence-corrected chi connectivity index (χ4v) is 5.90. The Bertz CT molecular complexity index is 1080. The molecule has 0 spiro atoms. The number of nitrogens with zero attached hydrogens (tertiary/aromatic N) is 2. The monoisotopic (exact) mass is 472 g/mol. The van der Waals surface area contributed by atoms with Gasteiger partial charge >= 0.3 is 0 Å². The lowest BCUT2D eigenvalue weighted by atomic mass is 9.84. The third-order valence-corrected chi connectivity index (χ3v) is 8.03. The van der Waals surface area contributed by atoms with E-state index in [0.29, 0.717) is 12.6 Å². The van der Waals surface area contributed by atoms with Crippen LogP contribution in [-0.4, -0.2) is 43.3 Å². The first kappa shape index (κ1) is 23.7. The maximum atomic E-state index is 13.8. The SMILES string of the molecule is CN1C(=O)C(NC(=O)C2(CNC3CCCCC3)CCCC2)N=C(c2ccccc2)c2ccccc21. The van der Waals surface area contributed by atoms with E-state index >= 15 is 0 Å². The number of anilines is 1. The van der Waals surface area contributed by atoms with Gasteiger partial charge in [-0.1, -0.05) is 80.6 Å². The van der Waals surface area contributed by atoms with Gasteiger partial charge in [0.25, 0.3) is 5.91 Å². The molecule has 5 rings (SSSR count). The number of amides is 2. The number of carbonyl (C=O) groups is 2. The molecule has 6 nitrogen and oxygen atoms in total. The minimum atomic E-state index is -0.956. The Morgan fingerprint density at radius 1 is 0.971 bits per heavy atom. The molecule has 0 aromatic heterocycles. The van der Waals surface area contributed by atoms with E-state index in [0.717, 1.165) is 48.2 Å². The average molecular weight is 473 g/mol. The maximum absolute atomic E-state index is 13.8. The molecule has 0 saturated heterocycles. The number of rotatable bonds is 6. The minimum Gasteiger partial charge on any atom is -0.326 e. The van der Waals surface area contributed by atoms with Gasteiger partial charge in [0.15, 0.2) is 0 Å². The topological polar surface area (TPSA) is 73.8 Å². The van der Waals surface area contributed by atoms with E-state index < -0.39 is 11.6 Å². The molecule has 3 aliphatic rings. The van der Waals surface area contributed by atoms with Crippen LogP contribution in [0.2, 0.25) is 0 Å². The summed E-state index contributed by atoms with van der Waals surface area (Å²) in [4.78, 5) is 33.8. The molecule has 2 aromatic rings. The van der Waals surface area contributed by atoms with Crippen molar-refractivity contribution in [2.45, 2.75) is 70.0 Å². The number of benzodiazepines with no additional fused rings is 1. The zero-order valence-corrected chi connectivity index (χ0v) is 20.6. The summed E-state index contributed by atoms with van der Waals surface area (Å²) in [6.07, 6.45) is 9.04. The van der Waals surface area contributed by atoms with Gasteiger partial charge < -0.3 is 15.5 Å². The number of hydrogen-bond acceptors (Lipinski definition) is 4. The summed E-state index contributed by atoms with van der Waals surface area (Å²) >= 11 is 0. The van der Waals surface area contributed by atoms with Crippen molar-refractivity contribution in [2.75, 3.05) is 18.5 Å². The summed E-state index contributed by atoms with van der Waals surface area (Å²) in [6, 6.07) is 18.2. The molecule has 1 aliphatic heterocycles. The van der Waals surface area contributed by atoms with Gasteiger partial charge in [-0.25, -0.2) is 4.99 Å². The Labute approximate surface area is 208 Å². The van der Waals surface area contributed by atoms with Gasteiger partial charge in [-0.15, -0.1) is 0 Å². The Kier molecular flexibility index (Phi) is 7.00. The van der Waals surface area contributed by atoms with Gasteiger partial charge in [0, 0.05) is 30.8 Å². The molecule has 184 valence electrons. The molecule has 0 radical (unpaired) electrons. The van der Waals surface area contributed by atoms with Crippen LogP contribution >= 0.6 is 0 Å². The van der Waals surface area contributed by atoms with Crippen molar-refractivity contribution in [3.63, 3.8) is 0 Å². The second-order valence-corrected chi connectivity index (χ2v) is 10.3. The Morgan fingerprint density at radius 2 is 1.66 bits per heavy atom. The van der Waals surface area contributed by atoms with Crippen LogP contribution < -0.4 is 15.5 Å². The smallest absolute Gasteiger partial charge is 0.272 e. The average Bonchev–Trinajstić information content (AvgIpc) is 3.37. The highest BCUT2D eigenvalue weighted by molar-refractivity contribution is 6.20. The Morgan fingerprint density at radius 3 is 2.40 bits per heavy atom. The van der Waals surface area contributed by atoms with Crippen molar-refractivity contribution in [1.82, 2.24) is 10.6 Å². The standard InChI is InChI=1S/C29H36N4O2/c1-33-24-17-9-8-16-23(24)25(21-12-4-2-5-13-21)31-26(27(33)34)32-28(35)29(18-10-11-19-29)20-30-22-14-6-3-7-15-22/h2,4-5,8-9,12-13,16-17,22,26,30H,3,6-7,10-11,14-15,18-20H2,1H3,(H,32,35). The number of likely N-dealkylation sites (N-methyl/N-ethyl adjacent to an activating group) is 1. The zero-order valence-electron chi connectivity index (χ0n) is 20.6. The molecule has 2 saturated carbocycles. The normalized spacial score (nSPS) is 22.3. The number of benzene rings is 2.